The average Bonchev–Trinajstić information content (AvgIpc) is 3.15. The van der Waals surface area contributed by atoms with E-state index in [1.807, 2.05) is 0 Å². The number of anilines is 1. The summed E-state index contributed by atoms with van der Waals surface area (Å²) in [5.41, 5.74) is 6.53. The lowest BCUT2D eigenvalue weighted by Crippen LogP contribution is -2.21. The van der Waals surface area contributed by atoms with Crippen molar-refractivity contribution in [3.63, 3.8) is 0 Å². The molecule has 0 radical (unpaired) electrons. The summed E-state index contributed by atoms with van der Waals surface area (Å²) in [5, 5.41) is 3.31. The summed E-state index contributed by atoms with van der Waals surface area (Å²) in [5.74, 6) is 0.675. The molecule has 0 aromatic carbocycles. The Kier molecular flexibility index (Phi) is 4.08. The Morgan fingerprint density at radius 3 is 2.83 bits per heavy atom. The molecule has 0 unspecified atom stereocenters. The summed E-state index contributed by atoms with van der Waals surface area (Å²) in [6, 6.07) is 0. The third-order valence-electron chi connectivity index (χ3n) is 3.36. The highest BCUT2D eigenvalue weighted by atomic mass is 32.1. The van der Waals surface area contributed by atoms with E-state index in [1.54, 1.807) is 19.5 Å². The van der Waals surface area contributed by atoms with Crippen molar-refractivity contribution < 1.29 is 4.74 Å². The highest BCUT2D eigenvalue weighted by Gasteiger charge is 2.41. The van der Waals surface area contributed by atoms with Crippen molar-refractivity contribution in [3.05, 3.63) is 18.1 Å². The van der Waals surface area contributed by atoms with E-state index in [0.29, 0.717) is 16.9 Å². The zero-order chi connectivity index (χ0) is 13.0. The standard InChI is InChI=1S/C12H18N4OS/c1-17-7-4-12(2-3-12)8-16-11-9(10(13)18)14-5-6-15-11/h5-6H,2-4,7-8H2,1H3,(H2,13,18)(H,15,16). The molecule has 0 aliphatic heterocycles. The zero-order valence-electron chi connectivity index (χ0n) is 10.5. The SMILES string of the molecule is COCCC1(CNc2nccnc2C(N)=S)CC1. The Morgan fingerprint density at radius 1 is 1.50 bits per heavy atom. The Labute approximate surface area is 112 Å². The van der Waals surface area contributed by atoms with E-state index in [1.165, 1.54) is 12.8 Å². The Hall–Kier alpha value is -1.27. The van der Waals surface area contributed by atoms with Crippen molar-refractivity contribution in [2.45, 2.75) is 19.3 Å². The molecule has 1 aromatic heterocycles. The van der Waals surface area contributed by atoms with Gasteiger partial charge in [-0.25, -0.2) is 9.97 Å². The second kappa shape index (κ2) is 5.58. The molecule has 0 atom stereocenters. The fourth-order valence-electron chi connectivity index (χ4n) is 1.93. The fourth-order valence-corrected chi connectivity index (χ4v) is 2.08. The molecule has 1 saturated carbocycles. The van der Waals surface area contributed by atoms with E-state index < -0.39 is 0 Å². The van der Waals surface area contributed by atoms with Gasteiger partial charge in [0, 0.05) is 32.7 Å². The molecular formula is C12H18N4OS. The largest absolute Gasteiger partial charge is 0.388 e. The van der Waals surface area contributed by atoms with E-state index in [0.717, 1.165) is 19.6 Å². The molecule has 1 fully saturated rings. The molecule has 0 bridgehead atoms. The van der Waals surface area contributed by atoms with Crippen molar-refractivity contribution in [1.29, 1.82) is 0 Å². The third-order valence-corrected chi connectivity index (χ3v) is 3.55. The van der Waals surface area contributed by atoms with Crippen LogP contribution in [0.3, 0.4) is 0 Å². The Morgan fingerprint density at radius 2 is 2.22 bits per heavy atom. The maximum absolute atomic E-state index is 5.62. The first-order valence-corrected chi connectivity index (χ1v) is 6.41. The molecule has 1 aromatic rings. The lowest BCUT2D eigenvalue weighted by Gasteiger charge is -2.16. The van der Waals surface area contributed by atoms with Crippen LogP contribution in [0.1, 0.15) is 25.0 Å². The molecule has 1 heterocycles. The van der Waals surface area contributed by atoms with Gasteiger partial charge in [0.15, 0.2) is 5.82 Å². The maximum atomic E-state index is 5.62. The predicted molar refractivity (Wildman–Crippen MR) is 74.6 cm³/mol. The van der Waals surface area contributed by atoms with E-state index in [9.17, 15) is 0 Å². The minimum absolute atomic E-state index is 0.271. The predicted octanol–water partition coefficient (Wildman–Crippen LogP) is 1.34. The molecule has 1 aliphatic rings. The van der Waals surface area contributed by atoms with Gasteiger partial charge in [0.25, 0.3) is 0 Å². The lowest BCUT2D eigenvalue weighted by atomic mass is 10.0. The summed E-state index contributed by atoms with van der Waals surface area (Å²) in [6.45, 7) is 1.66. The summed E-state index contributed by atoms with van der Waals surface area (Å²) in [4.78, 5) is 8.65. The number of nitrogens with one attached hydrogen (secondary N) is 1. The maximum Gasteiger partial charge on any atom is 0.155 e. The number of nitrogens with zero attached hydrogens (tertiary/aromatic N) is 2. The van der Waals surface area contributed by atoms with Crippen LogP contribution < -0.4 is 11.1 Å². The second-order valence-corrected chi connectivity index (χ2v) is 5.15. The van der Waals surface area contributed by atoms with Crippen LogP contribution >= 0.6 is 12.2 Å². The first-order valence-electron chi connectivity index (χ1n) is 6.00. The number of nitrogens with two attached hydrogens (primary N) is 1. The summed E-state index contributed by atoms with van der Waals surface area (Å²) >= 11 is 4.96. The molecule has 0 spiro atoms. The quantitative estimate of drug-likeness (QED) is 0.726. The van der Waals surface area contributed by atoms with Crippen LogP contribution in [-0.2, 0) is 4.74 Å². The monoisotopic (exact) mass is 266 g/mol. The van der Waals surface area contributed by atoms with E-state index >= 15 is 0 Å². The molecule has 2 rings (SSSR count). The minimum atomic E-state index is 0.271. The van der Waals surface area contributed by atoms with E-state index in [4.69, 9.17) is 22.7 Å². The number of ether oxygens (including phenoxy) is 1. The van der Waals surface area contributed by atoms with Crippen LogP contribution in [-0.4, -0.2) is 35.2 Å². The molecule has 6 heteroatoms. The molecule has 5 nitrogen and oxygen atoms in total. The smallest absolute Gasteiger partial charge is 0.155 e. The Bertz CT molecular complexity index is 434. The van der Waals surface area contributed by atoms with E-state index in [2.05, 4.69) is 15.3 Å². The molecular weight excluding hydrogens is 248 g/mol. The average molecular weight is 266 g/mol. The van der Waals surface area contributed by atoms with Gasteiger partial charge in [-0.2, -0.15) is 0 Å². The summed E-state index contributed by atoms with van der Waals surface area (Å²) in [7, 11) is 1.73. The molecule has 18 heavy (non-hydrogen) atoms. The first kappa shape index (κ1) is 13.2. The van der Waals surface area contributed by atoms with Gasteiger partial charge < -0.3 is 15.8 Å². The van der Waals surface area contributed by atoms with Crippen LogP contribution in [0.25, 0.3) is 0 Å². The number of thiocarbonyl (C=S) groups is 1. The van der Waals surface area contributed by atoms with Crippen molar-refractivity contribution in [2.75, 3.05) is 25.6 Å². The van der Waals surface area contributed by atoms with Gasteiger partial charge in [-0.15, -0.1) is 0 Å². The van der Waals surface area contributed by atoms with Crippen molar-refractivity contribution in [2.24, 2.45) is 11.1 Å². The van der Waals surface area contributed by atoms with Crippen molar-refractivity contribution in [3.8, 4) is 0 Å². The fraction of sp³-hybridized carbons (Fsp3) is 0.583. The molecule has 1 aliphatic carbocycles. The van der Waals surface area contributed by atoms with Gasteiger partial charge in [-0.3, -0.25) is 0 Å². The van der Waals surface area contributed by atoms with Gasteiger partial charge in [-0.05, 0) is 24.7 Å². The number of hydrogen-bond acceptors (Lipinski definition) is 5. The third kappa shape index (κ3) is 3.14. The highest BCUT2D eigenvalue weighted by molar-refractivity contribution is 7.80. The van der Waals surface area contributed by atoms with Gasteiger partial charge in [0.1, 0.15) is 10.7 Å². The second-order valence-electron chi connectivity index (χ2n) is 4.71. The van der Waals surface area contributed by atoms with Crippen LogP contribution in [0.4, 0.5) is 5.82 Å². The van der Waals surface area contributed by atoms with Gasteiger partial charge >= 0.3 is 0 Å². The van der Waals surface area contributed by atoms with Crippen molar-refractivity contribution >= 4 is 23.0 Å². The van der Waals surface area contributed by atoms with Crippen molar-refractivity contribution in [1.82, 2.24) is 9.97 Å². The number of aromatic nitrogens is 2. The van der Waals surface area contributed by atoms with Crippen LogP contribution in [0, 0.1) is 5.41 Å². The minimum Gasteiger partial charge on any atom is -0.388 e. The lowest BCUT2D eigenvalue weighted by molar-refractivity contribution is 0.175. The molecule has 3 N–H and O–H groups in total. The van der Waals surface area contributed by atoms with Crippen LogP contribution in [0.15, 0.2) is 12.4 Å². The highest BCUT2D eigenvalue weighted by Crippen LogP contribution is 2.48. The number of methoxy groups -OCH3 is 1. The first-order chi connectivity index (χ1) is 8.67. The Balaban J connectivity index is 1.96. The number of rotatable bonds is 7. The topological polar surface area (TPSA) is 73.1 Å². The molecule has 98 valence electrons. The van der Waals surface area contributed by atoms with E-state index in [-0.39, 0.29) is 4.99 Å². The van der Waals surface area contributed by atoms with Gasteiger partial charge in [0.2, 0.25) is 0 Å². The number of hydrogen-bond donors (Lipinski definition) is 2. The van der Waals surface area contributed by atoms with Gasteiger partial charge in [0.05, 0.1) is 0 Å². The van der Waals surface area contributed by atoms with Gasteiger partial charge in [-0.1, -0.05) is 12.2 Å². The zero-order valence-corrected chi connectivity index (χ0v) is 11.3. The summed E-state index contributed by atoms with van der Waals surface area (Å²) < 4.78 is 5.14. The molecule has 0 saturated heterocycles. The summed E-state index contributed by atoms with van der Waals surface area (Å²) in [6.07, 6.45) is 6.76. The van der Waals surface area contributed by atoms with Crippen LogP contribution in [0.2, 0.25) is 0 Å². The van der Waals surface area contributed by atoms with Crippen LogP contribution in [0.5, 0.6) is 0 Å². The normalized spacial score (nSPS) is 16.3. The molecule has 0 amide bonds.